The minimum atomic E-state index is -2.32. The number of hydrogen-bond acceptors (Lipinski definition) is 4. The Morgan fingerprint density at radius 3 is 2.48 bits per heavy atom. The summed E-state index contributed by atoms with van der Waals surface area (Å²) in [5, 5.41) is 1.48. The van der Waals surface area contributed by atoms with Gasteiger partial charge in [-0.2, -0.15) is 0 Å². The largest absolute Gasteiger partial charge is 0.486 e. The van der Waals surface area contributed by atoms with Gasteiger partial charge in [0.25, 0.3) is 0 Å². The molecular formula is C41H37IrN3O-2. The maximum Gasteiger partial charge on any atom is 0.216 e. The van der Waals surface area contributed by atoms with Gasteiger partial charge < -0.3 is 14.4 Å². The molecule has 4 nitrogen and oxygen atoms in total. The Bertz CT molecular complexity index is 2420. The number of benzene rings is 3. The van der Waals surface area contributed by atoms with Gasteiger partial charge in [-0.1, -0.05) is 98.3 Å². The number of nitrogens with zero attached hydrogens (tertiary/aromatic N) is 3. The molecule has 3 aromatic carbocycles. The van der Waals surface area contributed by atoms with E-state index < -0.39 is 25.5 Å². The first-order valence-electron chi connectivity index (χ1n) is 19.2. The van der Waals surface area contributed by atoms with E-state index in [4.69, 9.17) is 16.8 Å². The second-order valence-corrected chi connectivity index (χ2v) is 11.6. The molecule has 7 aromatic rings. The zero-order valence-corrected chi connectivity index (χ0v) is 28.0. The molecule has 0 saturated carbocycles. The fraction of sp³-hybridized carbons (Fsp3) is 0.195. The third kappa shape index (κ3) is 7.50. The molecule has 0 atom stereocenters. The van der Waals surface area contributed by atoms with Crippen LogP contribution in [0.3, 0.4) is 0 Å². The maximum absolute atomic E-state index is 8.55. The zero-order chi connectivity index (χ0) is 39.1. The van der Waals surface area contributed by atoms with E-state index in [0.29, 0.717) is 33.5 Å². The third-order valence-corrected chi connectivity index (χ3v) is 6.99. The van der Waals surface area contributed by atoms with Crippen LogP contribution < -0.4 is 0 Å². The van der Waals surface area contributed by atoms with E-state index in [9.17, 15) is 0 Å². The van der Waals surface area contributed by atoms with Crippen LogP contribution in [0.1, 0.15) is 55.5 Å². The van der Waals surface area contributed by atoms with Crippen LogP contribution in [-0.4, -0.2) is 15.0 Å². The van der Waals surface area contributed by atoms with Gasteiger partial charge >= 0.3 is 0 Å². The Morgan fingerprint density at radius 2 is 1.74 bits per heavy atom. The molecule has 0 spiro atoms. The molecule has 4 heterocycles. The van der Waals surface area contributed by atoms with E-state index in [0.717, 1.165) is 27.6 Å². The van der Waals surface area contributed by atoms with E-state index in [1.54, 1.807) is 42.6 Å². The zero-order valence-electron chi connectivity index (χ0n) is 34.6. The number of fused-ring (bicyclic) bond motifs is 3. The molecular weight excluding hydrogens is 743 g/mol. The van der Waals surface area contributed by atoms with Crippen molar-refractivity contribution >= 4 is 22.1 Å². The van der Waals surface area contributed by atoms with Crippen molar-refractivity contribution in [3.8, 4) is 33.6 Å². The van der Waals surface area contributed by atoms with Gasteiger partial charge in [0.15, 0.2) is 0 Å². The smallest absolute Gasteiger partial charge is 0.216 e. The number of aryl methyl sites for hydroxylation is 3. The summed E-state index contributed by atoms with van der Waals surface area (Å²) in [6, 6.07) is 33.4. The van der Waals surface area contributed by atoms with E-state index in [-0.39, 0.29) is 44.0 Å². The molecule has 4 aromatic heterocycles. The molecule has 0 aliphatic rings. The average Bonchev–Trinajstić information content (AvgIpc) is 3.52. The summed E-state index contributed by atoms with van der Waals surface area (Å²) >= 11 is 0. The third-order valence-electron chi connectivity index (χ3n) is 6.99. The van der Waals surface area contributed by atoms with Crippen molar-refractivity contribution in [2.45, 2.75) is 47.7 Å². The van der Waals surface area contributed by atoms with Crippen molar-refractivity contribution in [3.05, 3.63) is 138 Å². The Hall–Kier alpha value is -4.44. The van der Waals surface area contributed by atoms with Gasteiger partial charge in [-0.3, -0.25) is 0 Å². The van der Waals surface area contributed by atoms with Gasteiger partial charge in [-0.15, -0.1) is 47.5 Å². The van der Waals surface area contributed by atoms with E-state index in [1.165, 1.54) is 12.3 Å². The summed E-state index contributed by atoms with van der Waals surface area (Å²) in [5.74, 6) is 0. The molecule has 46 heavy (non-hydrogen) atoms. The standard InChI is InChI=1S/C22H21N2O.C19H16N.Ir/c1-14-8-9-17-16-6-5-7-18(20(16)25-21(17)24-14)19-12-15(10-11-23-19)13-22(2,3)4;1-14-8-11-19(20-13-14)17-10-9-15(2)18(12-17)16-6-4-3-5-7-16;/h5-6,8-12H,13H2,1-4H3;3-9,11-13H,1-2H3;/q2*-1;/i1D3,13D2;1D3,2D;. The fourth-order valence-corrected chi connectivity index (χ4v) is 5.00. The summed E-state index contributed by atoms with van der Waals surface area (Å²) in [6.45, 7) is 1.26. The van der Waals surface area contributed by atoms with Gasteiger partial charge in [-0.25, -0.2) is 4.98 Å². The summed E-state index contributed by atoms with van der Waals surface area (Å²) in [6.07, 6.45) is 1.40. The van der Waals surface area contributed by atoms with Gasteiger partial charge in [-0.05, 0) is 66.2 Å². The Labute approximate surface area is 298 Å². The molecule has 233 valence electrons. The van der Waals surface area contributed by atoms with Crippen molar-refractivity contribution in [1.29, 1.82) is 0 Å². The van der Waals surface area contributed by atoms with Crippen LogP contribution in [0.15, 0.2) is 108 Å². The monoisotopic (exact) mass is 789 g/mol. The Morgan fingerprint density at radius 1 is 0.870 bits per heavy atom. The van der Waals surface area contributed by atoms with Crippen molar-refractivity contribution in [3.63, 3.8) is 0 Å². The predicted molar refractivity (Wildman–Crippen MR) is 185 cm³/mol. The second kappa shape index (κ2) is 13.9. The Balaban J connectivity index is 0.000000212. The first kappa shape index (κ1) is 23.0. The van der Waals surface area contributed by atoms with Crippen molar-refractivity contribution in [1.82, 2.24) is 15.0 Å². The van der Waals surface area contributed by atoms with Gasteiger partial charge in [0.2, 0.25) is 5.71 Å². The van der Waals surface area contributed by atoms with Crippen LogP contribution in [0.4, 0.5) is 0 Å². The first-order valence-corrected chi connectivity index (χ1v) is 14.5. The number of hydrogen-bond donors (Lipinski definition) is 0. The normalized spacial score (nSPS) is 14.9. The number of furan rings is 1. The molecule has 0 aliphatic carbocycles. The summed E-state index contributed by atoms with van der Waals surface area (Å²) in [4.78, 5) is 12.9. The van der Waals surface area contributed by atoms with E-state index in [1.807, 2.05) is 69.3 Å². The quantitative estimate of drug-likeness (QED) is 0.167. The molecule has 5 heteroatoms. The van der Waals surface area contributed by atoms with Gasteiger partial charge in [0.1, 0.15) is 0 Å². The number of pyridine rings is 3. The van der Waals surface area contributed by atoms with Gasteiger partial charge in [0.05, 0.1) is 5.58 Å². The molecule has 0 amide bonds. The second-order valence-electron chi connectivity index (χ2n) is 11.6. The molecule has 0 fully saturated rings. The Kier molecular flexibility index (Phi) is 6.94. The van der Waals surface area contributed by atoms with E-state index in [2.05, 4.69) is 27.1 Å². The van der Waals surface area contributed by atoms with Crippen molar-refractivity contribution in [2.75, 3.05) is 0 Å². The average molecular weight is 789 g/mol. The summed E-state index contributed by atoms with van der Waals surface area (Å²) in [5.41, 5.74) is 6.29. The number of aromatic nitrogens is 3. The van der Waals surface area contributed by atoms with Crippen LogP contribution in [-0.2, 0) is 26.5 Å². The molecule has 0 aliphatic heterocycles. The maximum atomic E-state index is 8.55. The fourth-order valence-electron chi connectivity index (χ4n) is 5.00. The van der Waals surface area contributed by atoms with E-state index >= 15 is 0 Å². The van der Waals surface area contributed by atoms with Crippen LogP contribution in [0, 0.1) is 38.2 Å². The molecule has 1 radical (unpaired) electrons. The first-order chi connectivity index (χ1) is 25.4. The van der Waals surface area contributed by atoms with Crippen LogP contribution in [0.2, 0.25) is 0 Å². The van der Waals surface area contributed by atoms with Crippen molar-refractivity contribution in [2.24, 2.45) is 5.41 Å². The minimum absolute atomic E-state index is 0. The van der Waals surface area contributed by atoms with Crippen LogP contribution >= 0.6 is 0 Å². The number of rotatable bonds is 4. The minimum Gasteiger partial charge on any atom is -0.486 e. The predicted octanol–water partition coefficient (Wildman–Crippen LogP) is 10.6. The molecule has 0 N–H and O–H groups in total. The van der Waals surface area contributed by atoms with Crippen LogP contribution in [0.25, 0.3) is 55.7 Å². The van der Waals surface area contributed by atoms with Crippen LogP contribution in [0.5, 0.6) is 0 Å². The SMILES string of the molecule is [2H]C([2H])([2H])c1ccc2c(n1)oc1c(-c3cc(C([2H])([2H])C(C)(C)C)ccn3)[c-]ccc12.[2H]Cc1c[c-]c(-c2ccc(C([2H])([2H])[2H])cn2)cc1-c1ccccc1.[Ir]. The van der Waals surface area contributed by atoms with Gasteiger partial charge in [0, 0.05) is 55.9 Å². The topological polar surface area (TPSA) is 51.8 Å². The summed E-state index contributed by atoms with van der Waals surface area (Å²) < 4.78 is 75.7. The molecule has 0 saturated heterocycles. The summed E-state index contributed by atoms with van der Waals surface area (Å²) in [7, 11) is 0. The molecule has 7 rings (SSSR count). The van der Waals surface area contributed by atoms with Crippen molar-refractivity contribution < 1.29 is 36.9 Å². The molecule has 0 unspecified atom stereocenters. The molecule has 0 bridgehead atoms.